The largest absolute Gasteiger partial charge is 0.481 e. The molecule has 0 aliphatic carbocycles. The molecule has 0 aromatic carbocycles. The third kappa shape index (κ3) is 6.71. The maximum Gasteiger partial charge on any atom is 0.305 e. The molecule has 2 heterocycles. The molecule has 1 aliphatic rings. The number of aromatic nitrogens is 1. The van der Waals surface area contributed by atoms with Crippen molar-refractivity contribution < 1.29 is 19.4 Å². The number of ether oxygens (including phenoxy) is 1. The first-order valence-electron chi connectivity index (χ1n) is 9.52. The van der Waals surface area contributed by atoms with Crippen LogP contribution in [0.4, 0.5) is 0 Å². The second-order valence-corrected chi connectivity index (χ2v) is 7.08. The van der Waals surface area contributed by atoms with Gasteiger partial charge in [0.15, 0.2) is 0 Å². The lowest BCUT2D eigenvalue weighted by atomic mass is 10.1. The number of amides is 1. The molecule has 27 heavy (non-hydrogen) atoms. The average molecular weight is 396 g/mol. The summed E-state index contributed by atoms with van der Waals surface area (Å²) in [5.74, 6) is -1.11. The van der Waals surface area contributed by atoms with Gasteiger partial charge in [0.1, 0.15) is 10.7 Å². The van der Waals surface area contributed by atoms with Crippen molar-refractivity contribution in [2.45, 2.75) is 38.6 Å². The predicted molar refractivity (Wildman–Crippen MR) is 105 cm³/mol. The number of carbonyl (C=O) groups excluding carboxylic acids is 1. The summed E-state index contributed by atoms with van der Waals surface area (Å²) in [4.78, 5) is 25.6. The number of rotatable bonds is 10. The van der Waals surface area contributed by atoms with Crippen LogP contribution in [-0.2, 0) is 20.7 Å². The molecule has 1 fully saturated rings. The first kappa shape index (κ1) is 21.5. The molecule has 1 unspecified atom stereocenters. The molecule has 1 atom stereocenters. The molecule has 8 heteroatoms. The molecule has 1 amide bonds. The van der Waals surface area contributed by atoms with Crippen LogP contribution in [0.3, 0.4) is 0 Å². The fraction of sp³-hybridized carbons (Fsp3) is 0.632. The van der Waals surface area contributed by atoms with E-state index in [9.17, 15) is 9.59 Å². The molecule has 0 spiro atoms. The number of nitrogens with zero attached hydrogens (tertiary/aromatic N) is 2. The Balaban J connectivity index is 2.07. The molecule has 0 bridgehead atoms. The van der Waals surface area contributed by atoms with E-state index in [1.165, 1.54) is 0 Å². The Kier molecular flexibility index (Phi) is 8.90. The number of nitrogens with one attached hydrogen (secondary N) is 1. The quantitative estimate of drug-likeness (QED) is 0.590. The van der Waals surface area contributed by atoms with Crippen LogP contribution in [-0.4, -0.2) is 65.8 Å². The SMILES string of the molecule is CCCC(C(=O)NCCC(=O)O)n1cccc(CCN2CCOCC2)c1=S. The number of carbonyl (C=O) groups is 2. The summed E-state index contributed by atoms with van der Waals surface area (Å²) in [7, 11) is 0. The lowest BCUT2D eigenvalue weighted by Gasteiger charge is -2.27. The Morgan fingerprint density at radius 1 is 1.37 bits per heavy atom. The van der Waals surface area contributed by atoms with E-state index in [1.54, 1.807) is 0 Å². The monoisotopic (exact) mass is 395 g/mol. The van der Waals surface area contributed by atoms with Crippen LogP contribution in [0.15, 0.2) is 18.3 Å². The van der Waals surface area contributed by atoms with Crippen LogP contribution in [0.25, 0.3) is 0 Å². The van der Waals surface area contributed by atoms with Gasteiger partial charge in [-0.25, -0.2) is 0 Å². The van der Waals surface area contributed by atoms with Gasteiger partial charge in [0.2, 0.25) is 5.91 Å². The van der Waals surface area contributed by atoms with Crippen molar-refractivity contribution in [1.82, 2.24) is 14.8 Å². The average Bonchev–Trinajstić information content (AvgIpc) is 2.66. The van der Waals surface area contributed by atoms with Gasteiger partial charge in [-0.2, -0.15) is 0 Å². The van der Waals surface area contributed by atoms with Crippen molar-refractivity contribution in [1.29, 1.82) is 0 Å². The van der Waals surface area contributed by atoms with Gasteiger partial charge in [-0.1, -0.05) is 31.6 Å². The van der Waals surface area contributed by atoms with Gasteiger partial charge in [0.05, 0.1) is 19.6 Å². The van der Waals surface area contributed by atoms with E-state index in [0.717, 1.165) is 51.3 Å². The topological polar surface area (TPSA) is 83.8 Å². The van der Waals surface area contributed by atoms with Crippen molar-refractivity contribution >= 4 is 24.1 Å². The Morgan fingerprint density at radius 2 is 2.11 bits per heavy atom. The maximum absolute atomic E-state index is 12.6. The number of hydrogen-bond acceptors (Lipinski definition) is 5. The predicted octanol–water partition coefficient (Wildman–Crippen LogP) is 2.02. The first-order valence-corrected chi connectivity index (χ1v) is 9.93. The zero-order valence-electron chi connectivity index (χ0n) is 15.9. The highest BCUT2D eigenvalue weighted by molar-refractivity contribution is 7.71. The second-order valence-electron chi connectivity index (χ2n) is 6.69. The van der Waals surface area contributed by atoms with E-state index in [-0.39, 0.29) is 18.9 Å². The minimum atomic E-state index is -0.927. The van der Waals surface area contributed by atoms with Gasteiger partial charge in [0, 0.05) is 32.4 Å². The van der Waals surface area contributed by atoms with Crippen molar-refractivity contribution in [2.75, 3.05) is 39.4 Å². The zero-order valence-corrected chi connectivity index (χ0v) is 16.7. The number of pyridine rings is 1. The van der Waals surface area contributed by atoms with Gasteiger partial charge in [-0.3, -0.25) is 14.5 Å². The molecule has 2 N–H and O–H groups in total. The first-order chi connectivity index (χ1) is 13.0. The fourth-order valence-electron chi connectivity index (χ4n) is 3.18. The van der Waals surface area contributed by atoms with Gasteiger partial charge in [0.25, 0.3) is 0 Å². The van der Waals surface area contributed by atoms with E-state index in [2.05, 4.69) is 10.2 Å². The minimum absolute atomic E-state index is 0.0877. The van der Waals surface area contributed by atoms with E-state index < -0.39 is 12.0 Å². The zero-order chi connectivity index (χ0) is 19.6. The molecular formula is C19H29N3O4S. The summed E-state index contributed by atoms with van der Waals surface area (Å²) >= 11 is 5.67. The Hall–Kier alpha value is -1.77. The van der Waals surface area contributed by atoms with Crippen LogP contribution >= 0.6 is 12.2 Å². The van der Waals surface area contributed by atoms with Gasteiger partial charge >= 0.3 is 5.97 Å². The summed E-state index contributed by atoms with van der Waals surface area (Å²) in [6, 6.07) is 3.53. The number of morpholine rings is 1. The molecule has 1 aliphatic heterocycles. The fourth-order valence-corrected chi connectivity index (χ4v) is 3.53. The van der Waals surface area contributed by atoms with Gasteiger partial charge < -0.3 is 19.7 Å². The standard InChI is InChI=1S/C19H29N3O4S/c1-2-4-16(18(25)20-8-6-17(23)24)22-9-3-5-15(19(22)27)7-10-21-11-13-26-14-12-21/h3,5,9,16H,2,4,6-8,10-14H2,1H3,(H,20,25)(H,23,24). The van der Waals surface area contributed by atoms with Crippen LogP contribution < -0.4 is 5.32 Å². The van der Waals surface area contributed by atoms with Crippen LogP contribution in [0.5, 0.6) is 0 Å². The van der Waals surface area contributed by atoms with Gasteiger partial charge in [-0.05, 0) is 24.5 Å². The van der Waals surface area contributed by atoms with Crippen LogP contribution in [0.1, 0.15) is 37.8 Å². The summed E-state index contributed by atoms with van der Waals surface area (Å²) in [6.07, 6.45) is 4.07. The molecule has 7 nitrogen and oxygen atoms in total. The number of hydrogen-bond donors (Lipinski definition) is 2. The number of aliphatic carboxylic acids is 1. The van der Waals surface area contributed by atoms with E-state index in [4.69, 9.17) is 22.1 Å². The molecule has 150 valence electrons. The Bertz CT molecular complexity index is 686. The molecule has 1 aromatic heterocycles. The van der Waals surface area contributed by atoms with Crippen molar-refractivity contribution in [3.05, 3.63) is 28.5 Å². The lowest BCUT2D eigenvalue weighted by molar-refractivity contribution is -0.137. The van der Waals surface area contributed by atoms with Crippen LogP contribution in [0.2, 0.25) is 0 Å². The number of carboxylic acids is 1. The summed E-state index contributed by atoms with van der Waals surface area (Å²) in [5, 5.41) is 11.5. The van der Waals surface area contributed by atoms with Crippen molar-refractivity contribution in [2.24, 2.45) is 0 Å². The van der Waals surface area contributed by atoms with Crippen molar-refractivity contribution in [3.63, 3.8) is 0 Å². The minimum Gasteiger partial charge on any atom is -0.481 e. The smallest absolute Gasteiger partial charge is 0.305 e. The highest BCUT2D eigenvalue weighted by atomic mass is 32.1. The molecule has 0 radical (unpaired) electrons. The van der Waals surface area contributed by atoms with E-state index in [1.807, 2.05) is 29.8 Å². The number of carboxylic acid groups (broad SMARTS) is 1. The maximum atomic E-state index is 12.6. The second kappa shape index (κ2) is 11.2. The summed E-state index contributed by atoms with van der Waals surface area (Å²) in [5.41, 5.74) is 1.05. The van der Waals surface area contributed by atoms with Crippen LogP contribution in [0, 0.1) is 4.64 Å². The third-order valence-electron chi connectivity index (χ3n) is 4.69. The molecule has 1 saturated heterocycles. The normalized spacial score (nSPS) is 16.0. The summed E-state index contributed by atoms with van der Waals surface area (Å²) < 4.78 is 7.91. The van der Waals surface area contributed by atoms with E-state index >= 15 is 0 Å². The molecular weight excluding hydrogens is 366 g/mol. The lowest BCUT2D eigenvalue weighted by Crippen LogP contribution is -2.37. The Labute approximate surface area is 165 Å². The highest BCUT2D eigenvalue weighted by Gasteiger charge is 2.20. The summed E-state index contributed by atoms with van der Waals surface area (Å²) in [6.45, 7) is 6.46. The molecule has 1 aromatic rings. The Morgan fingerprint density at radius 3 is 2.78 bits per heavy atom. The van der Waals surface area contributed by atoms with Crippen molar-refractivity contribution in [3.8, 4) is 0 Å². The third-order valence-corrected chi connectivity index (χ3v) is 5.17. The highest BCUT2D eigenvalue weighted by Crippen LogP contribution is 2.18. The molecule has 0 saturated carbocycles. The van der Waals surface area contributed by atoms with Gasteiger partial charge in [-0.15, -0.1) is 0 Å². The van der Waals surface area contributed by atoms with E-state index in [0.29, 0.717) is 11.1 Å². The molecule has 2 rings (SSSR count).